The van der Waals surface area contributed by atoms with Gasteiger partial charge in [-0.05, 0) is 17.3 Å². The van der Waals surface area contributed by atoms with Crippen LogP contribution in [0.25, 0.3) is 0 Å². The Kier molecular flexibility index (Phi) is 6.65. The van der Waals surface area contributed by atoms with E-state index in [1.54, 1.807) is 0 Å². The molecule has 1 atom stereocenters. The third-order valence-electron chi connectivity index (χ3n) is 1.29. The first-order valence-corrected chi connectivity index (χ1v) is 5.48. The highest BCUT2D eigenvalue weighted by molar-refractivity contribution is 7.96. The minimum absolute atomic E-state index is 0.364. The van der Waals surface area contributed by atoms with Crippen molar-refractivity contribution in [3.8, 4) is 0 Å². The summed E-state index contributed by atoms with van der Waals surface area (Å²) in [4.78, 5) is 0. The number of rotatable bonds is 5. The maximum absolute atomic E-state index is 8.54. The van der Waals surface area contributed by atoms with Gasteiger partial charge in [0.05, 0.1) is 12.9 Å². The summed E-state index contributed by atoms with van der Waals surface area (Å²) in [5, 5.41) is 8.54. The van der Waals surface area contributed by atoms with Gasteiger partial charge < -0.3 is 5.11 Å². The van der Waals surface area contributed by atoms with Crippen molar-refractivity contribution in [1.82, 2.24) is 0 Å². The summed E-state index contributed by atoms with van der Waals surface area (Å²) in [5.41, 5.74) is 0. The SMILES string of the molecule is CCCC[S+](C)CCO. The standard InChI is InChI=1S/C7H17OS/c1-3-4-6-9(2)7-5-8/h8H,3-7H2,1-2H3/q+1. The molecule has 0 bridgehead atoms. The molecule has 0 heterocycles. The zero-order valence-corrected chi connectivity index (χ0v) is 7.21. The third kappa shape index (κ3) is 6.19. The first-order valence-electron chi connectivity index (χ1n) is 3.51. The lowest BCUT2D eigenvalue weighted by atomic mass is 10.4. The van der Waals surface area contributed by atoms with E-state index in [-0.39, 0.29) is 0 Å². The topological polar surface area (TPSA) is 20.2 Å². The van der Waals surface area contributed by atoms with E-state index in [1.165, 1.54) is 18.6 Å². The molecule has 0 rings (SSSR count). The predicted molar refractivity (Wildman–Crippen MR) is 45.0 cm³/mol. The molecule has 0 saturated carbocycles. The summed E-state index contributed by atoms with van der Waals surface area (Å²) in [6, 6.07) is 0. The van der Waals surface area contributed by atoms with Crippen molar-refractivity contribution >= 4 is 10.9 Å². The molecule has 0 radical (unpaired) electrons. The van der Waals surface area contributed by atoms with Crippen LogP contribution in [-0.4, -0.2) is 29.5 Å². The van der Waals surface area contributed by atoms with Gasteiger partial charge in [-0.3, -0.25) is 0 Å². The maximum Gasteiger partial charge on any atom is 0.130 e. The minimum Gasteiger partial charge on any atom is -0.391 e. The third-order valence-corrected chi connectivity index (χ3v) is 3.15. The Morgan fingerprint density at radius 3 is 2.44 bits per heavy atom. The second-order valence-electron chi connectivity index (χ2n) is 2.27. The predicted octanol–water partition coefficient (Wildman–Crippen LogP) is 1.03. The van der Waals surface area contributed by atoms with Crippen molar-refractivity contribution in [3.05, 3.63) is 0 Å². The van der Waals surface area contributed by atoms with E-state index in [4.69, 9.17) is 5.11 Å². The van der Waals surface area contributed by atoms with E-state index >= 15 is 0 Å². The van der Waals surface area contributed by atoms with Crippen LogP contribution in [0.5, 0.6) is 0 Å². The molecule has 0 spiro atoms. The molecule has 9 heavy (non-hydrogen) atoms. The van der Waals surface area contributed by atoms with Crippen molar-refractivity contribution in [1.29, 1.82) is 0 Å². The van der Waals surface area contributed by atoms with Gasteiger partial charge in [-0.1, -0.05) is 13.3 Å². The smallest absolute Gasteiger partial charge is 0.130 e. The first kappa shape index (κ1) is 9.31. The summed E-state index contributed by atoms with van der Waals surface area (Å²) >= 11 is 0. The Labute approximate surface area is 60.8 Å². The minimum atomic E-state index is 0.364. The normalized spacial score (nSPS) is 13.7. The van der Waals surface area contributed by atoms with Crippen molar-refractivity contribution in [2.45, 2.75) is 19.8 Å². The highest BCUT2D eigenvalue weighted by Crippen LogP contribution is 1.96. The fourth-order valence-corrected chi connectivity index (χ4v) is 1.95. The van der Waals surface area contributed by atoms with Crippen LogP contribution in [-0.2, 0) is 10.9 Å². The van der Waals surface area contributed by atoms with Gasteiger partial charge in [-0.15, -0.1) is 0 Å². The average molecular weight is 149 g/mol. The molecule has 1 unspecified atom stereocenters. The molecule has 0 amide bonds. The lowest BCUT2D eigenvalue weighted by Crippen LogP contribution is -2.12. The molecule has 0 aliphatic carbocycles. The maximum atomic E-state index is 8.54. The van der Waals surface area contributed by atoms with E-state index < -0.39 is 0 Å². The summed E-state index contributed by atoms with van der Waals surface area (Å²) in [6.45, 7) is 2.57. The number of unbranched alkanes of at least 4 members (excludes halogenated alkanes) is 1. The molecular formula is C7H17OS+. The molecule has 0 fully saturated rings. The van der Waals surface area contributed by atoms with Crippen LogP contribution < -0.4 is 0 Å². The van der Waals surface area contributed by atoms with Crippen LogP contribution >= 0.6 is 0 Å². The van der Waals surface area contributed by atoms with Crippen LogP contribution in [0.15, 0.2) is 0 Å². The van der Waals surface area contributed by atoms with Crippen molar-refractivity contribution in [2.24, 2.45) is 0 Å². The summed E-state index contributed by atoms with van der Waals surface area (Å²) in [7, 11) is 0.480. The molecule has 1 nitrogen and oxygen atoms in total. The number of hydrogen-bond acceptors (Lipinski definition) is 1. The van der Waals surface area contributed by atoms with Gasteiger partial charge in [0.1, 0.15) is 11.5 Å². The Bertz CT molecular complexity index is 56.9. The zero-order valence-electron chi connectivity index (χ0n) is 6.39. The second kappa shape index (κ2) is 6.43. The fraction of sp³-hybridized carbons (Fsp3) is 1.00. The lowest BCUT2D eigenvalue weighted by molar-refractivity contribution is 0.322. The van der Waals surface area contributed by atoms with Crippen LogP contribution in [0, 0.1) is 0 Å². The number of aliphatic hydroxyl groups is 1. The molecule has 0 aromatic carbocycles. The van der Waals surface area contributed by atoms with Crippen LogP contribution in [0.1, 0.15) is 19.8 Å². The van der Waals surface area contributed by atoms with Crippen molar-refractivity contribution in [3.63, 3.8) is 0 Å². The van der Waals surface area contributed by atoms with Gasteiger partial charge in [0.2, 0.25) is 0 Å². The quantitative estimate of drug-likeness (QED) is 0.579. The highest BCUT2D eigenvalue weighted by atomic mass is 32.2. The highest BCUT2D eigenvalue weighted by Gasteiger charge is 2.06. The Morgan fingerprint density at radius 1 is 1.33 bits per heavy atom. The summed E-state index contributed by atoms with van der Waals surface area (Å²) < 4.78 is 0. The second-order valence-corrected chi connectivity index (χ2v) is 4.65. The molecule has 2 heteroatoms. The van der Waals surface area contributed by atoms with Gasteiger partial charge in [-0.25, -0.2) is 0 Å². The summed E-state index contributed by atoms with van der Waals surface area (Å²) in [6.07, 6.45) is 4.83. The molecule has 0 aromatic heterocycles. The van der Waals surface area contributed by atoms with Crippen molar-refractivity contribution < 1.29 is 5.11 Å². The van der Waals surface area contributed by atoms with Crippen LogP contribution in [0.2, 0.25) is 0 Å². The van der Waals surface area contributed by atoms with E-state index in [9.17, 15) is 0 Å². The monoisotopic (exact) mass is 149 g/mol. The van der Waals surface area contributed by atoms with E-state index in [0.29, 0.717) is 17.5 Å². The first-order chi connectivity index (χ1) is 4.31. The summed E-state index contributed by atoms with van der Waals surface area (Å²) in [5.74, 6) is 2.30. The fourth-order valence-electron chi connectivity index (χ4n) is 0.649. The molecule has 0 aliphatic heterocycles. The van der Waals surface area contributed by atoms with E-state index in [1.807, 2.05) is 0 Å². The Hall–Kier alpha value is 0.310. The average Bonchev–Trinajstić information content (AvgIpc) is 1.85. The Morgan fingerprint density at radius 2 is 2.00 bits per heavy atom. The number of hydrogen-bond donors (Lipinski definition) is 1. The zero-order chi connectivity index (χ0) is 7.11. The van der Waals surface area contributed by atoms with Gasteiger partial charge >= 0.3 is 0 Å². The van der Waals surface area contributed by atoms with Crippen LogP contribution in [0.3, 0.4) is 0 Å². The van der Waals surface area contributed by atoms with Gasteiger partial charge in [-0.2, -0.15) is 0 Å². The van der Waals surface area contributed by atoms with Gasteiger partial charge in [0.15, 0.2) is 0 Å². The molecular weight excluding hydrogens is 132 g/mol. The number of aliphatic hydroxyl groups excluding tert-OH is 1. The molecule has 0 aliphatic rings. The van der Waals surface area contributed by atoms with Crippen molar-refractivity contribution in [2.75, 3.05) is 24.4 Å². The van der Waals surface area contributed by atoms with Gasteiger partial charge in [0, 0.05) is 0 Å². The van der Waals surface area contributed by atoms with E-state index in [2.05, 4.69) is 13.2 Å². The largest absolute Gasteiger partial charge is 0.391 e. The molecule has 0 aromatic rings. The molecule has 1 N–H and O–H groups in total. The lowest BCUT2D eigenvalue weighted by Gasteiger charge is -1.98. The Balaban J connectivity index is 2.95. The van der Waals surface area contributed by atoms with Gasteiger partial charge in [0.25, 0.3) is 0 Å². The molecule has 0 saturated heterocycles. The van der Waals surface area contributed by atoms with E-state index in [0.717, 1.165) is 5.75 Å². The van der Waals surface area contributed by atoms with Crippen LogP contribution in [0.4, 0.5) is 0 Å². The molecule has 56 valence electrons.